The maximum atomic E-state index is 13.2. The quantitative estimate of drug-likeness (QED) is 0.112. The van der Waals surface area contributed by atoms with Gasteiger partial charge in [-0.1, -0.05) is 49.8 Å². The van der Waals surface area contributed by atoms with Crippen molar-refractivity contribution in [1.29, 1.82) is 0 Å². The van der Waals surface area contributed by atoms with Gasteiger partial charge < -0.3 is 64.2 Å². The Morgan fingerprint density at radius 3 is 2.19 bits per heavy atom. The number of nitrogens with one attached hydrogen (secondary N) is 1. The largest absolute Gasteiger partial charge is 0.479 e. The second kappa shape index (κ2) is 18.2. The summed E-state index contributed by atoms with van der Waals surface area (Å²) in [5, 5.41) is 74.0. The number of sulfonamides is 1. The van der Waals surface area contributed by atoms with E-state index in [9.17, 15) is 49.0 Å². The number of hydrogen-bond acceptors (Lipinski definition) is 15. The molecule has 0 radical (unpaired) electrons. The molecule has 17 nitrogen and oxygen atoms in total. The Labute approximate surface area is 302 Å². The van der Waals surface area contributed by atoms with Crippen LogP contribution in [0, 0.1) is 12.8 Å². The zero-order valence-electron chi connectivity index (χ0n) is 29.3. The molecule has 8 N–H and O–H groups in total. The number of carbonyl (C=O) groups is 1. The summed E-state index contributed by atoms with van der Waals surface area (Å²) < 4.78 is 64.4. The lowest BCUT2D eigenvalue weighted by atomic mass is 9.85. The maximum absolute atomic E-state index is 13.2. The normalized spacial score (nSPS) is 38.5. The number of hydrogen-bond donors (Lipinski definition) is 8. The summed E-state index contributed by atoms with van der Waals surface area (Å²) in [7, 11) is -4.04. The number of ether oxygens (including phenoxy) is 6. The first-order valence-corrected chi connectivity index (χ1v) is 19.4. The van der Waals surface area contributed by atoms with Crippen molar-refractivity contribution in [2.45, 2.75) is 150 Å². The third-order valence-corrected chi connectivity index (χ3v) is 11.8. The van der Waals surface area contributed by atoms with Crippen LogP contribution in [0.3, 0.4) is 0 Å². The van der Waals surface area contributed by atoms with Gasteiger partial charge in [0.05, 0.1) is 29.8 Å². The SMILES string of the molecule is Cc1ccc(S(=O)(=O)NCC2OCCC(OC3OC(CO)C(O)C(OC(CC4CCCCC4)C(=O)O)C3O)C2OC2OC(C)C(O)C(O)C2O)cc1. The molecule has 14 atom stereocenters. The fourth-order valence-corrected chi connectivity index (χ4v) is 8.28. The zero-order valence-corrected chi connectivity index (χ0v) is 30.1. The van der Waals surface area contributed by atoms with Gasteiger partial charge >= 0.3 is 5.97 Å². The first-order chi connectivity index (χ1) is 24.7. The smallest absolute Gasteiger partial charge is 0.332 e. The molecule has 3 aliphatic heterocycles. The summed E-state index contributed by atoms with van der Waals surface area (Å²) >= 11 is 0. The van der Waals surface area contributed by atoms with Crippen LogP contribution in [-0.2, 0) is 43.2 Å². The van der Waals surface area contributed by atoms with E-state index in [1.165, 1.54) is 19.1 Å². The molecule has 0 spiro atoms. The molecule has 18 heteroatoms. The first kappa shape index (κ1) is 41.3. The van der Waals surface area contributed by atoms with Gasteiger partial charge in [0, 0.05) is 13.2 Å². The monoisotopic (exact) mass is 763 g/mol. The fourth-order valence-electron chi connectivity index (χ4n) is 7.23. The number of benzene rings is 1. The van der Waals surface area contributed by atoms with Gasteiger partial charge in [0.25, 0.3) is 0 Å². The molecule has 1 aliphatic carbocycles. The van der Waals surface area contributed by atoms with Crippen molar-refractivity contribution in [2.24, 2.45) is 5.92 Å². The Morgan fingerprint density at radius 1 is 0.865 bits per heavy atom. The molecule has 0 amide bonds. The van der Waals surface area contributed by atoms with Crippen molar-refractivity contribution >= 4 is 16.0 Å². The van der Waals surface area contributed by atoms with E-state index in [-0.39, 0.29) is 36.8 Å². The molecular weight excluding hydrogens is 710 g/mol. The molecule has 4 aliphatic rings. The minimum absolute atomic E-state index is 0.00215. The molecular formula is C34H53NO16S. The zero-order chi connectivity index (χ0) is 37.7. The number of carboxylic acid groups (broad SMARTS) is 1. The standard InChI is InChI=1S/C34H53NO16S/c1-17-8-10-20(11-9-17)52(44,45)35-15-23-30(51-33-28(40)27(39)25(37)18(2)47-33)21(12-13-46-23)49-34-29(41)31(26(38)24(16-36)50-34)48-22(32(42)43)14-19-6-4-3-5-7-19/h8-11,18-19,21-31,33-41H,3-7,12-16H2,1-2H3,(H,42,43). The van der Waals surface area contributed by atoms with Gasteiger partial charge in [-0.05, 0) is 44.7 Å². The molecule has 0 aromatic heterocycles. The van der Waals surface area contributed by atoms with Crippen molar-refractivity contribution in [3.63, 3.8) is 0 Å². The summed E-state index contributed by atoms with van der Waals surface area (Å²) in [5.74, 6) is -1.18. The van der Waals surface area contributed by atoms with E-state index in [1.54, 1.807) is 12.1 Å². The highest BCUT2D eigenvalue weighted by Crippen LogP contribution is 2.34. The van der Waals surface area contributed by atoms with Crippen LogP contribution < -0.4 is 4.72 Å². The second-order valence-electron chi connectivity index (χ2n) is 14.2. The molecule has 5 rings (SSSR count). The predicted molar refractivity (Wildman–Crippen MR) is 178 cm³/mol. The summed E-state index contributed by atoms with van der Waals surface area (Å²) in [6.45, 7) is 2.19. The summed E-state index contributed by atoms with van der Waals surface area (Å²) in [6.07, 6.45) is -15.2. The highest BCUT2D eigenvalue weighted by atomic mass is 32.2. The van der Waals surface area contributed by atoms with E-state index in [4.69, 9.17) is 28.4 Å². The first-order valence-electron chi connectivity index (χ1n) is 17.9. The molecule has 4 fully saturated rings. The van der Waals surface area contributed by atoms with Gasteiger partial charge in [-0.3, -0.25) is 0 Å². The lowest BCUT2D eigenvalue weighted by Crippen LogP contribution is -2.64. The highest BCUT2D eigenvalue weighted by Gasteiger charge is 2.51. The van der Waals surface area contributed by atoms with Crippen LogP contribution in [0.4, 0.5) is 0 Å². The van der Waals surface area contributed by atoms with Crippen LogP contribution in [-0.4, -0.2) is 156 Å². The average molecular weight is 764 g/mol. The number of aliphatic hydroxyl groups is 6. The summed E-state index contributed by atoms with van der Waals surface area (Å²) in [5.41, 5.74) is 0.856. The number of aryl methyl sites for hydroxylation is 1. The lowest BCUT2D eigenvalue weighted by molar-refractivity contribution is -0.355. The van der Waals surface area contributed by atoms with Crippen molar-refractivity contribution in [3.05, 3.63) is 29.8 Å². The third kappa shape index (κ3) is 9.86. The van der Waals surface area contributed by atoms with E-state index >= 15 is 0 Å². The minimum Gasteiger partial charge on any atom is -0.479 e. The fraction of sp³-hybridized carbons (Fsp3) is 0.794. The topological polar surface area (TPSA) is 260 Å². The summed E-state index contributed by atoms with van der Waals surface area (Å²) in [4.78, 5) is 12.3. The second-order valence-corrected chi connectivity index (χ2v) is 16.0. The predicted octanol–water partition coefficient (Wildman–Crippen LogP) is -1.09. The Kier molecular flexibility index (Phi) is 14.4. The maximum Gasteiger partial charge on any atom is 0.332 e. The Hall–Kier alpha value is -1.88. The lowest BCUT2D eigenvalue weighted by Gasteiger charge is -2.47. The average Bonchev–Trinajstić information content (AvgIpc) is 3.12. The van der Waals surface area contributed by atoms with E-state index < -0.39 is 108 Å². The van der Waals surface area contributed by atoms with E-state index in [0.717, 1.165) is 37.7 Å². The van der Waals surface area contributed by atoms with Gasteiger partial charge in [-0.25, -0.2) is 17.9 Å². The van der Waals surface area contributed by atoms with Crippen LogP contribution in [0.5, 0.6) is 0 Å². The Balaban J connectivity index is 1.36. The number of aliphatic hydroxyl groups excluding tert-OH is 6. The van der Waals surface area contributed by atoms with Gasteiger partial charge in [0.15, 0.2) is 18.7 Å². The van der Waals surface area contributed by atoms with Crippen molar-refractivity contribution in [1.82, 2.24) is 4.72 Å². The molecule has 1 aromatic rings. The highest BCUT2D eigenvalue weighted by molar-refractivity contribution is 7.89. The summed E-state index contributed by atoms with van der Waals surface area (Å²) in [6, 6.07) is 6.16. The van der Waals surface area contributed by atoms with Gasteiger partial charge in [-0.15, -0.1) is 0 Å². The number of rotatable bonds is 14. The number of carboxylic acids is 1. The van der Waals surface area contributed by atoms with E-state index in [0.29, 0.717) is 0 Å². The Bertz CT molecular complexity index is 1400. The molecule has 296 valence electrons. The van der Waals surface area contributed by atoms with Crippen LogP contribution >= 0.6 is 0 Å². The van der Waals surface area contributed by atoms with Crippen molar-refractivity contribution in [3.8, 4) is 0 Å². The minimum atomic E-state index is -4.04. The molecule has 0 bridgehead atoms. The van der Waals surface area contributed by atoms with E-state index in [1.807, 2.05) is 6.92 Å². The van der Waals surface area contributed by atoms with Crippen LogP contribution in [0.2, 0.25) is 0 Å². The third-order valence-electron chi connectivity index (χ3n) is 10.4. The van der Waals surface area contributed by atoms with Crippen molar-refractivity contribution < 1.29 is 77.4 Å². The molecule has 52 heavy (non-hydrogen) atoms. The molecule has 1 saturated carbocycles. The Morgan fingerprint density at radius 2 is 1.54 bits per heavy atom. The van der Waals surface area contributed by atoms with Gasteiger partial charge in [0.2, 0.25) is 10.0 Å². The number of aliphatic carboxylic acids is 1. The van der Waals surface area contributed by atoms with Crippen LogP contribution in [0.15, 0.2) is 29.2 Å². The molecule has 3 heterocycles. The van der Waals surface area contributed by atoms with Gasteiger partial charge in [0.1, 0.15) is 48.8 Å². The molecule has 14 unspecified atom stereocenters. The van der Waals surface area contributed by atoms with Crippen LogP contribution in [0.25, 0.3) is 0 Å². The van der Waals surface area contributed by atoms with E-state index in [2.05, 4.69) is 4.72 Å². The molecule has 3 saturated heterocycles. The molecule has 1 aromatic carbocycles. The van der Waals surface area contributed by atoms with Crippen molar-refractivity contribution in [2.75, 3.05) is 19.8 Å². The van der Waals surface area contributed by atoms with Gasteiger partial charge in [-0.2, -0.15) is 0 Å². The van der Waals surface area contributed by atoms with Crippen LogP contribution in [0.1, 0.15) is 57.4 Å².